The average molecular weight is 525 g/mol. The number of ether oxygens (including phenoxy) is 1. The van der Waals surface area contributed by atoms with Gasteiger partial charge in [0.1, 0.15) is 34.5 Å². The quantitative estimate of drug-likeness (QED) is 0.504. The van der Waals surface area contributed by atoms with Crippen LogP contribution in [-0.2, 0) is 11.4 Å². The number of benzene rings is 1. The van der Waals surface area contributed by atoms with E-state index in [0.29, 0.717) is 17.8 Å². The van der Waals surface area contributed by atoms with Crippen LogP contribution in [0.2, 0.25) is 5.02 Å². The van der Waals surface area contributed by atoms with Crippen LogP contribution in [-0.4, -0.2) is 74.1 Å². The fraction of sp³-hybridized carbons (Fsp3) is 0.231. The maximum absolute atomic E-state index is 14.9. The first-order valence-corrected chi connectivity index (χ1v) is 11.8. The number of aromatic hydroxyl groups is 1. The predicted molar refractivity (Wildman–Crippen MR) is 133 cm³/mol. The van der Waals surface area contributed by atoms with Crippen LogP contribution >= 0.6 is 11.6 Å². The van der Waals surface area contributed by atoms with Crippen LogP contribution < -0.4 is 4.74 Å². The van der Waals surface area contributed by atoms with Crippen molar-refractivity contribution in [2.75, 3.05) is 26.2 Å². The third kappa shape index (κ3) is 4.28. The highest BCUT2D eigenvalue weighted by molar-refractivity contribution is 6.35. The van der Waals surface area contributed by atoms with Crippen molar-refractivity contribution in [3.05, 3.63) is 71.3 Å². The van der Waals surface area contributed by atoms with Gasteiger partial charge in [-0.25, -0.2) is 9.37 Å². The zero-order valence-electron chi connectivity index (χ0n) is 19.5. The maximum Gasteiger partial charge on any atom is 0.260 e. The van der Waals surface area contributed by atoms with Gasteiger partial charge >= 0.3 is 0 Å². The normalized spacial score (nSPS) is 16.9. The van der Waals surface area contributed by atoms with E-state index in [-0.39, 0.29) is 71.2 Å². The summed E-state index contributed by atoms with van der Waals surface area (Å²) in [5.74, 6) is -1.82. The zero-order valence-corrected chi connectivity index (χ0v) is 20.3. The second-order valence-corrected chi connectivity index (χ2v) is 8.98. The number of hydrogen-bond acceptors (Lipinski definition) is 7. The first-order valence-electron chi connectivity index (χ1n) is 11.5. The summed E-state index contributed by atoms with van der Waals surface area (Å²) in [5.41, 5.74) is 0.586. The number of nitrogens with zero attached hydrogens (tertiary/aromatic N) is 4. The van der Waals surface area contributed by atoms with Crippen molar-refractivity contribution in [2.45, 2.75) is 12.6 Å². The van der Waals surface area contributed by atoms with Crippen LogP contribution in [0.1, 0.15) is 16.1 Å². The molecule has 37 heavy (non-hydrogen) atoms. The molecule has 5 rings (SSSR count). The Morgan fingerprint density at radius 3 is 2.81 bits per heavy atom. The van der Waals surface area contributed by atoms with E-state index in [0.717, 1.165) is 6.07 Å². The largest absolute Gasteiger partial charge is 0.507 e. The topological polar surface area (TPSA) is 116 Å². The molecular weight excluding hydrogens is 503 g/mol. The number of rotatable bonds is 4. The summed E-state index contributed by atoms with van der Waals surface area (Å²) in [6.45, 7) is 3.98. The van der Waals surface area contributed by atoms with Gasteiger partial charge in [-0.3, -0.25) is 14.6 Å². The van der Waals surface area contributed by atoms with Crippen LogP contribution in [0, 0.1) is 5.82 Å². The van der Waals surface area contributed by atoms with E-state index in [1.165, 1.54) is 24.4 Å². The van der Waals surface area contributed by atoms with Gasteiger partial charge < -0.3 is 24.7 Å². The third-order valence-corrected chi connectivity index (χ3v) is 6.79. The summed E-state index contributed by atoms with van der Waals surface area (Å²) < 4.78 is 21.0. The highest BCUT2D eigenvalue weighted by Gasteiger charge is 2.40. The number of aliphatic hydroxyl groups is 1. The summed E-state index contributed by atoms with van der Waals surface area (Å²) in [7, 11) is 0. The van der Waals surface area contributed by atoms with Crippen molar-refractivity contribution in [2.24, 2.45) is 0 Å². The SMILES string of the molecule is C=CC(=O)N1CCN2C(=O)c3c(-c4ccnc(CO)c4)nc(-c4c(O)cccc4F)c(Cl)c3OC[C@H]2C1. The highest BCUT2D eigenvalue weighted by atomic mass is 35.5. The van der Waals surface area contributed by atoms with Gasteiger partial charge in [-0.05, 0) is 30.3 Å². The Kier molecular flexibility index (Phi) is 6.53. The smallest absolute Gasteiger partial charge is 0.260 e. The number of phenolic OH excluding ortho intramolecular Hbond substituents is 1. The van der Waals surface area contributed by atoms with Crippen molar-refractivity contribution < 1.29 is 28.9 Å². The molecule has 0 spiro atoms. The van der Waals surface area contributed by atoms with E-state index in [9.17, 15) is 24.2 Å². The number of fused-ring (bicyclic) bond motifs is 2. The Morgan fingerprint density at radius 2 is 2.08 bits per heavy atom. The maximum atomic E-state index is 14.9. The van der Waals surface area contributed by atoms with Crippen LogP contribution in [0.4, 0.5) is 4.39 Å². The molecule has 2 N–H and O–H groups in total. The van der Waals surface area contributed by atoms with Gasteiger partial charge in [-0.2, -0.15) is 0 Å². The van der Waals surface area contributed by atoms with E-state index in [1.54, 1.807) is 21.9 Å². The van der Waals surface area contributed by atoms with Gasteiger partial charge in [0.25, 0.3) is 5.91 Å². The van der Waals surface area contributed by atoms with E-state index in [1.807, 2.05) is 0 Å². The Bertz CT molecular complexity index is 1410. The molecule has 2 aliphatic heterocycles. The van der Waals surface area contributed by atoms with Gasteiger partial charge in [0.2, 0.25) is 5.91 Å². The van der Waals surface area contributed by atoms with Crippen molar-refractivity contribution in [3.8, 4) is 34.0 Å². The van der Waals surface area contributed by atoms with E-state index in [4.69, 9.17) is 16.3 Å². The van der Waals surface area contributed by atoms with Gasteiger partial charge in [-0.15, -0.1) is 0 Å². The van der Waals surface area contributed by atoms with Gasteiger partial charge in [0.05, 0.1) is 29.6 Å². The third-order valence-electron chi connectivity index (χ3n) is 6.44. The van der Waals surface area contributed by atoms with Crippen molar-refractivity contribution in [3.63, 3.8) is 0 Å². The van der Waals surface area contributed by atoms with Crippen molar-refractivity contribution in [1.29, 1.82) is 0 Å². The van der Waals surface area contributed by atoms with E-state index < -0.39 is 17.8 Å². The zero-order chi connectivity index (χ0) is 26.3. The minimum absolute atomic E-state index is 0.00678. The summed E-state index contributed by atoms with van der Waals surface area (Å²) in [5, 5.41) is 19.9. The summed E-state index contributed by atoms with van der Waals surface area (Å²) in [4.78, 5) is 38.0. The van der Waals surface area contributed by atoms with Crippen molar-refractivity contribution in [1.82, 2.24) is 19.8 Å². The lowest BCUT2D eigenvalue weighted by molar-refractivity contribution is -0.128. The molecule has 0 bridgehead atoms. The highest BCUT2D eigenvalue weighted by Crippen LogP contribution is 2.45. The molecule has 2 amide bonds. The standard InChI is InChI=1S/C26H22ClFN4O5/c1-2-19(35)31-8-9-32-16(11-31)13-37-25-21(26(32)36)23(14-6-7-29-15(10-14)12-33)30-24(22(25)27)20-17(28)4-3-5-18(20)34/h2-7,10,16,33-34H,1,8-9,11-13H2/t16-/m1/s1. The lowest BCUT2D eigenvalue weighted by Crippen LogP contribution is -2.57. The Labute approximate surface area is 216 Å². The molecule has 4 heterocycles. The van der Waals surface area contributed by atoms with Gasteiger partial charge in [0.15, 0.2) is 5.75 Å². The Balaban J connectivity index is 1.72. The fourth-order valence-electron chi connectivity index (χ4n) is 4.63. The molecule has 1 aromatic carbocycles. The number of carbonyl (C=O) groups excluding carboxylic acids is 2. The molecule has 2 aromatic heterocycles. The second kappa shape index (κ2) is 9.79. The number of phenols is 1. The number of piperazine rings is 1. The first-order chi connectivity index (χ1) is 17.8. The number of pyridine rings is 2. The molecule has 3 aromatic rings. The lowest BCUT2D eigenvalue weighted by atomic mass is 10.00. The number of halogens is 2. The molecule has 11 heteroatoms. The number of hydrogen-bond donors (Lipinski definition) is 2. The predicted octanol–water partition coefficient (Wildman–Crippen LogP) is 3.03. The first kappa shape index (κ1) is 24.7. The van der Waals surface area contributed by atoms with E-state index >= 15 is 0 Å². The number of aliphatic hydroxyl groups excluding tert-OH is 1. The van der Waals surface area contributed by atoms with Crippen LogP contribution in [0.3, 0.4) is 0 Å². The fourth-order valence-corrected chi connectivity index (χ4v) is 4.91. The Hall–Kier alpha value is -4.02. The molecule has 0 unspecified atom stereocenters. The molecule has 0 saturated carbocycles. The molecular formula is C26H22ClFN4O5. The van der Waals surface area contributed by atoms with Crippen LogP contribution in [0.15, 0.2) is 49.2 Å². The van der Waals surface area contributed by atoms with Crippen molar-refractivity contribution >= 4 is 23.4 Å². The summed E-state index contributed by atoms with van der Waals surface area (Å²) in [6, 6.07) is 6.48. The molecule has 190 valence electrons. The van der Waals surface area contributed by atoms with Gasteiger partial charge in [-0.1, -0.05) is 24.2 Å². The van der Waals surface area contributed by atoms with E-state index in [2.05, 4.69) is 16.5 Å². The molecule has 1 atom stereocenters. The minimum atomic E-state index is -0.762. The number of aromatic nitrogens is 2. The minimum Gasteiger partial charge on any atom is -0.507 e. The molecule has 0 aliphatic carbocycles. The molecule has 1 saturated heterocycles. The molecule has 9 nitrogen and oxygen atoms in total. The second-order valence-electron chi connectivity index (χ2n) is 8.61. The summed E-state index contributed by atoms with van der Waals surface area (Å²) in [6.07, 6.45) is 2.67. The van der Waals surface area contributed by atoms with Crippen LogP contribution in [0.25, 0.3) is 22.5 Å². The van der Waals surface area contributed by atoms with Crippen LogP contribution in [0.5, 0.6) is 11.5 Å². The monoisotopic (exact) mass is 524 g/mol. The molecule has 2 aliphatic rings. The number of carbonyl (C=O) groups is 2. The molecule has 0 radical (unpaired) electrons. The number of amides is 2. The average Bonchev–Trinajstić information content (AvgIpc) is 3.06. The Morgan fingerprint density at radius 1 is 1.27 bits per heavy atom. The molecule has 1 fully saturated rings. The lowest BCUT2D eigenvalue weighted by Gasteiger charge is -2.39. The van der Waals surface area contributed by atoms with Gasteiger partial charge in [0, 0.05) is 31.4 Å². The summed E-state index contributed by atoms with van der Waals surface area (Å²) >= 11 is 6.69.